The van der Waals surface area contributed by atoms with Crippen LogP contribution in [-0.4, -0.2) is 43.5 Å². The zero-order valence-electron chi connectivity index (χ0n) is 15.1. The number of benzene rings is 2. The summed E-state index contributed by atoms with van der Waals surface area (Å²) in [4.78, 5) is 17.0. The zero-order valence-corrected chi connectivity index (χ0v) is 15.1. The third-order valence-electron chi connectivity index (χ3n) is 4.74. The van der Waals surface area contributed by atoms with Crippen LogP contribution in [0.1, 0.15) is 22.8 Å². The summed E-state index contributed by atoms with van der Waals surface area (Å²) >= 11 is 0. The van der Waals surface area contributed by atoms with Gasteiger partial charge in [0.1, 0.15) is 11.6 Å². The number of likely N-dealkylation sites (N-methyl/N-ethyl adjacent to an activating group) is 1. The summed E-state index contributed by atoms with van der Waals surface area (Å²) in [5.41, 5.74) is 2.77. The smallest absolute Gasteiger partial charge is 0.255 e. The molecule has 2 aromatic carbocycles. The molecule has 1 amide bonds. The van der Waals surface area contributed by atoms with E-state index in [4.69, 9.17) is 0 Å². The summed E-state index contributed by atoms with van der Waals surface area (Å²) in [6, 6.07) is 8.48. The molecule has 0 saturated carbocycles. The van der Waals surface area contributed by atoms with Crippen LogP contribution in [0.5, 0.6) is 0 Å². The molecule has 0 atom stereocenters. The first-order chi connectivity index (χ1) is 12.5. The van der Waals surface area contributed by atoms with Crippen LogP contribution < -0.4 is 10.2 Å². The number of carbonyl (C=O) groups is 1. The van der Waals surface area contributed by atoms with Crippen molar-refractivity contribution in [2.24, 2.45) is 0 Å². The molecule has 0 bridgehead atoms. The van der Waals surface area contributed by atoms with Crippen molar-refractivity contribution in [2.45, 2.75) is 13.8 Å². The molecule has 3 rings (SSSR count). The molecule has 6 heteroatoms. The van der Waals surface area contributed by atoms with Gasteiger partial charge in [0.2, 0.25) is 0 Å². The highest BCUT2D eigenvalue weighted by atomic mass is 19.1. The number of hydrogen-bond acceptors (Lipinski definition) is 3. The maximum atomic E-state index is 13.3. The molecule has 0 spiro atoms. The highest BCUT2D eigenvalue weighted by molar-refractivity contribution is 6.04. The Morgan fingerprint density at radius 1 is 1.04 bits per heavy atom. The van der Waals surface area contributed by atoms with Crippen LogP contribution in [0.15, 0.2) is 36.4 Å². The molecule has 26 heavy (non-hydrogen) atoms. The monoisotopic (exact) mass is 359 g/mol. The number of carbonyl (C=O) groups excluding carboxylic acids is 1. The van der Waals surface area contributed by atoms with Crippen molar-refractivity contribution < 1.29 is 13.6 Å². The van der Waals surface area contributed by atoms with E-state index in [1.54, 1.807) is 0 Å². The third kappa shape index (κ3) is 4.19. The molecule has 0 unspecified atom stereocenters. The molecule has 138 valence electrons. The standard InChI is InChI=1S/C20H23F2N3O/c1-3-24-6-8-25(9-7-24)19-5-4-18(10-14(19)2)23-20(26)15-11-16(21)13-17(22)12-15/h4-5,10-13H,3,6-9H2,1-2H3,(H,23,26). The SMILES string of the molecule is CCN1CCN(c2ccc(NC(=O)c3cc(F)cc(F)c3)cc2C)CC1. The molecule has 1 heterocycles. The van der Waals surface area contributed by atoms with Gasteiger partial charge in [-0.2, -0.15) is 0 Å². The molecular formula is C20H23F2N3O. The fraction of sp³-hybridized carbons (Fsp3) is 0.350. The first kappa shape index (κ1) is 18.3. The van der Waals surface area contributed by atoms with E-state index in [0.717, 1.165) is 62.2 Å². The summed E-state index contributed by atoms with van der Waals surface area (Å²) in [6.45, 7) is 9.27. The number of amides is 1. The lowest BCUT2D eigenvalue weighted by Gasteiger charge is -2.36. The van der Waals surface area contributed by atoms with Crippen molar-refractivity contribution in [3.63, 3.8) is 0 Å². The zero-order chi connectivity index (χ0) is 18.7. The fourth-order valence-corrected chi connectivity index (χ4v) is 3.28. The van der Waals surface area contributed by atoms with E-state index in [2.05, 4.69) is 22.0 Å². The predicted molar refractivity (Wildman–Crippen MR) is 99.8 cm³/mol. The summed E-state index contributed by atoms with van der Waals surface area (Å²) in [5.74, 6) is -2.08. The van der Waals surface area contributed by atoms with Gasteiger partial charge in [0, 0.05) is 49.2 Å². The number of rotatable bonds is 4. The lowest BCUT2D eigenvalue weighted by Crippen LogP contribution is -2.46. The van der Waals surface area contributed by atoms with Crippen LogP contribution in [0.2, 0.25) is 0 Å². The molecule has 0 aliphatic carbocycles. The van der Waals surface area contributed by atoms with Crippen LogP contribution >= 0.6 is 0 Å². The Morgan fingerprint density at radius 3 is 2.27 bits per heavy atom. The number of anilines is 2. The van der Waals surface area contributed by atoms with Crippen molar-refractivity contribution in [1.82, 2.24) is 4.90 Å². The average Bonchev–Trinajstić information content (AvgIpc) is 2.61. The Bertz CT molecular complexity index is 781. The number of nitrogens with zero attached hydrogens (tertiary/aromatic N) is 2. The second-order valence-electron chi connectivity index (χ2n) is 6.53. The van der Waals surface area contributed by atoms with Crippen molar-refractivity contribution in [1.29, 1.82) is 0 Å². The topological polar surface area (TPSA) is 35.6 Å². The van der Waals surface area contributed by atoms with E-state index in [1.807, 2.05) is 25.1 Å². The molecule has 2 aromatic rings. The minimum Gasteiger partial charge on any atom is -0.369 e. The minimum absolute atomic E-state index is 0.0417. The largest absolute Gasteiger partial charge is 0.369 e. The van der Waals surface area contributed by atoms with Crippen molar-refractivity contribution in [2.75, 3.05) is 42.9 Å². The normalized spacial score (nSPS) is 15.2. The molecule has 1 aliphatic heterocycles. The first-order valence-electron chi connectivity index (χ1n) is 8.81. The highest BCUT2D eigenvalue weighted by Gasteiger charge is 2.17. The van der Waals surface area contributed by atoms with E-state index in [0.29, 0.717) is 5.69 Å². The van der Waals surface area contributed by atoms with Crippen molar-refractivity contribution in [3.8, 4) is 0 Å². The quantitative estimate of drug-likeness (QED) is 0.905. The number of piperazine rings is 1. The third-order valence-corrected chi connectivity index (χ3v) is 4.74. The van der Waals surface area contributed by atoms with Crippen LogP contribution in [0.4, 0.5) is 20.2 Å². The van der Waals surface area contributed by atoms with E-state index in [-0.39, 0.29) is 5.56 Å². The molecule has 1 fully saturated rings. The molecular weight excluding hydrogens is 336 g/mol. The van der Waals surface area contributed by atoms with Gasteiger partial charge in [-0.15, -0.1) is 0 Å². The number of aryl methyl sites for hydroxylation is 1. The lowest BCUT2D eigenvalue weighted by atomic mass is 10.1. The maximum Gasteiger partial charge on any atom is 0.255 e. The summed E-state index contributed by atoms with van der Waals surface area (Å²) in [5, 5.41) is 2.70. The second kappa shape index (κ2) is 7.83. The molecule has 1 aliphatic rings. The number of hydrogen-bond donors (Lipinski definition) is 1. The summed E-state index contributed by atoms with van der Waals surface area (Å²) < 4.78 is 26.5. The number of halogens is 2. The van der Waals surface area contributed by atoms with Gasteiger partial charge in [-0.3, -0.25) is 4.79 Å². The van der Waals surface area contributed by atoms with E-state index in [1.165, 1.54) is 0 Å². The van der Waals surface area contributed by atoms with Gasteiger partial charge >= 0.3 is 0 Å². The van der Waals surface area contributed by atoms with Crippen LogP contribution in [-0.2, 0) is 0 Å². The Balaban J connectivity index is 1.70. The first-order valence-corrected chi connectivity index (χ1v) is 8.81. The van der Waals surface area contributed by atoms with E-state index >= 15 is 0 Å². The van der Waals surface area contributed by atoms with Gasteiger partial charge in [-0.25, -0.2) is 8.78 Å². The van der Waals surface area contributed by atoms with Gasteiger partial charge in [-0.1, -0.05) is 6.92 Å². The predicted octanol–water partition coefficient (Wildman–Crippen LogP) is 3.67. The Kier molecular flexibility index (Phi) is 5.52. The van der Waals surface area contributed by atoms with Gasteiger partial charge in [0.05, 0.1) is 0 Å². The maximum absolute atomic E-state index is 13.3. The fourth-order valence-electron chi connectivity index (χ4n) is 3.28. The number of nitrogens with one attached hydrogen (secondary N) is 1. The minimum atomic E-state index is -0.770. The van der Waals surface area contributed by atoms with Gasteiger partial charge in [-0.05, 0) is 49.4 Å². The van der Waals surface area contributed by atoms with E-state index in [9.17, 15) is 13.6 Å². The molecule has 0 radical (unpaired) electrons. The second-order valence-corrected chi connectivity index (χ2v) is 6.53. The molecule has 1 saturated heterocycles. The average molecular weight is 359 g/mol. The van der Waals surface area contributed by atoms with Crippen LogP contribution in [0.25, 0.3) is 0 Å². The Hall–Kier alpha value is -2.47. The van der Waals surface area contributed by atoms with Gasteiger partial charge < -0.3 is 15.1 Å². The molecule has 0 aromatic heterocycles. The molecule has 1 N–H and O–H groups in total. The Labute approximate surface area is 152 Å². The van der Waals surface area contributed by atoms with Crippen LogP contribution in [0.3, 0.4) is 0 Å². The summed E-state index contributed by atoms with van der Waals surface area (Å²) in [7, 11) is 0. The van der Waals surface area contributed by atoms with Crippen molar-refractivity contribution >= 4 is 17.3 Å². The molecule has 4 nitrogen and oxygen atoms in total. The van der Waals surface area contributed by atoms with Gasteiger partial charge in [0.15, 0.2) is 0 Å². The summed E-state index contributed by atoms with van der Waals surface area (Å²) in [6.07, 6.45) is 0. The van der Waals surface area contributed by atoms with E-state index < -0.39 is 17.5 Å². The Morgan fingerprint density at radius 2 is 1.69 bits per heavy atom. The highest BCUT2D eigenvalue weighted by Crippen LogP contribution is 2.25. The lowest BCUT2D eigenvalue weighted by molar-refractivity contribution is 0.102. The van der Waals surface area contributed by atoms with Crippen LogP contribution in [0, 0.1) is 18.6 Å². The van der Waals surface area contributed by atoms with Crippen molar-refractivity contribution in [3.05, 3.63) is 59.2 Å². The van der Waals surface area contributed by atoms with Gasteiger partial charge in [0.25, 0.3) is 5.91 Å².